The lowest BCUT2D eigenvalue weighted by molar-refractivity contribution is -0.142. The first-order chi connectivity index (χ1) is 10.9. The number of rotatable bonds is 8. The highest BCUT2D eigenvalue weighted by atomic mass is 16.4. The Kier molecular flexibility index (Phi) is 5.27. The molecule has 126 valence electrons. The molecule has 10 nitrogen and oxygen atoms in total. The second-order valence-corrected chi connectivity index (χ2v) is 5.47. The standard InChI is InChI=1S/C13H18N4O6/c18-10(19)3-1-2-7-5-15-16-17(7)9-6-14-12(13(22)23)8(9)4-11(20)21/h5,8-9,12,14H,1-4,6H2,(H,18,19)(H,20,21)(H,22,23)/t8-,9-,12-/m0/s1. The molecule has 23 heavy (non-hydrogen) atoms. The number of aromatic nitrogens is 3. The quantitative estimate of drug-likeness (QED) is 0.488. The van der Waals surface area contributed by atoms with Gasteiger partial charge in [0.1, 0.15) is 6.04 Å². The smallest absolute Gasteiger partial charge is 0.321 e. The Morgan fingerprint density at radius 2 is 2.00 bits per heavy atom. The van der Waals surface area contributed by atoms with Gasteiger partial charge in [-0.3, -0.25) is 14.4 Å². The molecule has 0 amide bonds. The van der Waals surface area contributed by atoms with Gasteiger partial charge in [-0.1, -0.05) is 5.21 Å². The van der Waals surface area contributed by atoms with E-state index in [0.29, 0.717) is 18.5 Å². The molecule has 1 saturated heterocycles. The fraction of sp³-hybridized carbons (Fsp3) is 0.615. The minimum Gasteiger partial charge on any atom is -0.481 e. The molecule has 1 aromatic heterocycles. The van der Waals surface area contributed by atoms with Crippen molar-refractivity contribution in [1.82, 2.24) is 20.3 Å². The van der Waals surface area contributed by atoms with E-state index in [2.05, 4.69) is 15.6 Å². The summed E-state index contributed by atoms with van der Waals surface area (Å²) < 4.78 is 1.52. The highest BCUT2D eigenvalue weighted by Gasteiger charge is 2.43. The zero-order valence-electron chi connectivity index (χ0n) is 12.3. The third-order valence-electron chi connectivity index (χ3n) is 3.93. The third-order valence-corrected chi connectivity index (χ3v) is 3.93. The molecule has 3 atom stereocenters. The van der Waals surface area contributed by atoms with Crippen LogP contribution in [-0.4, -0.2) is 60.8 Å². The summed E-state index contributed by atoms with van der Waals surface area (Å²) in [5.74, 6) is -3.75. The lowest BCUT2D eigenvalue weighted by atomic mass is 9.92. The van der Waals surface area contributed by atoms with Crippen molar-refractivity contribution >= 4 is 17.9 Å². The van der Waals surface area contributed by atoms with E-state index >= 15 is 0 Å². The number of aryl methyl sites for hydroxylation is 1. The van der Waals surface area contributed by atoms with Gasteiger partial charge < -0.3 is 20.6 Å². The summed E-state index contributed by atoms with van der Waals surface area (Å²) in [6.07, 6.45) is 2.02. The first-order valence-electron chi connectivity index (χ1n) is 7.19. The molecule has 2 heterocycles. The van der Waals surface area contributed by atoms with E-state index in [4.69, 9.17) is 10.2 Å². The van der Waals surface area contributed by atoms with Gasteiger partial charge >= 0.3 is 17.9 Å². The summed E-state index contributed by atoms with van der Waals surface area (Å²) in [6.45, 7) is 0.268. The van der Waals surface area contributed by atoms with Crippen LogP contribution in [0, 0.1) is 5.92 Å². The number of carboxylic acids is 3. The zero-order chi connectivity index (χ0) is 17.0. The molecule has 0 spiro atoms. The molecule has 0 aliphatic carbocycles. The SMILES string of the molecule is O=C(O)CCCc1cnnn1[C@H]1CN[C@H](C(=O)O)[C@H]1CC(=O)O. The van der Waals surface area contributed by atoms with Gasteiger partial charge in [0.15, 0.2) is 0 Å². The van der Waals surface area contributed by atoms with Crippen molar-refractivity contribution in [3.05, 3.63) is 11.9 Å². The first-order valence-corrected chi connectivity index (χ1v) is 7.19. The van der Waals surface area contributed by atoms with E-state index in [9.17, 15) is 19.5 Å². The second kappa shape index (κ2) is 7.18. The predicted octanol–water partition coefficient (Wildman–Crippen LogP) is -0.626. The van der Waals surface area contributed by atoms with Crippen molar-refractivity contribution in [1.29, 1.82) is 0 Å². The van der Waals surface area contributed by atoms with Crippen LogP contribution in [0.25, 0.3) is 0 Å². The highest BCUT2D eigenvalue weighted by Crippen LogP contribution is 2.31. The second-order valence-electron chi connectivity index (χ2n) is 5.47. The third kappa shape index (κ3) is 4.03. The van der Waals surface area contributed by atoms with Crippen LogP contribution < -0.4 is 5.32 Å². The van der Waals surface area contributed by atoms with Gasteiger partial charge in [0.05, 0.1) is 24.4 Å². The van der Waals surface area contributed by atoms with Crippen molar-refractivity contribution in [2.45, 2.75) is 37.8 Å². The Balaban J connectivity index is 2.16. The highest BCUT2D eigenvalue weighted by molar-refractivity contribution is 5.76. The zero-order valence-corrected chi connectivity index (χ0v) is 12.3. The van der Waals surface area contributed by atoms with E-state index in [0.717, 1.165) is 0 Å². The number of carboxylic acid groups (broad SMARTS) is 3. The van der Waals surface area contributed by atoms with Crippen LogP contribution in [-0.2, 0) is 20.8 Å². The molecule has 1 fully saturated rings. The van der Waals surface area contributed by atoms with Crippen LogP contribution in [0.1, 0.15) is 31.0 Å². The van der Waals surface area contributed by atoms with Crippen molar-refractivity contribution < 1.29 is 29.7 Å². The molecule has 0 radical (unpaired) electrons. The average Bonchev–Trinajstić information content (AvgIpc) is 3.04. The number of hydrogen-bond donors (Lipinski definition) is 4. The lowest BCUT2D eigenvalue weighted by Gasteiger charge is -2.21. The van der Waals surface area contributed by atoms with Gasteiger partial charge in [0.25, 0.3) is 0 Å². The molecule has 0 unspecified atom stereocenters. The molecule has 10 heteroatoms. The number of carbonyl (C=O) groups is 3. The number of nitrogens with zero attached hydrogens (tertiary/aromatic N) is 3. The molecule has 1 aromatic rings. The Morgan fingerprint density at radius 1 is 1.26 bits per heavy atom. The molecule has 2 rings (SSSR count). The molecule has 0 bridgehead atoms. The summed E-state index contributed by atoms with van der Waals surface area (Å²) >= 11 is 0. The summed E-state index contributed by atoms with van der Waals surface area (Å²) in [7, 11) is 0. The predicted molar refractivity (Wildman–Crippen MR) is 74.8 cm³/mol. The maximum Gasteiger partial charge on any atom is 0.321 e. The molecular weight excluding hydrogens is 308 g/mol. The van der Waals surface area contributed by atoms with Crippen molar-refractivity contribution in [3.63, 3.8) is 0 Å². The molecule has 4 N–H and O–H groups in total. The van der Waals surface area contributed by atoms with Gasteiger partial charge in [-0.15, -0.1) is 5.10 Å². The Morgan fingerprint density at radius 3 is 2.61 bits per heavy atom. The van der Waals surface area contributed by atoms with Gasteiger partial charge in [0.2, 0.25) is 0 Å². The summed E-state index contributed by atoms with van der Waals surface area (Å²) in [5.41, 5.74) is 0.666. The Hall–Kier alpha value is -2.49. The monoisotopic (exact) mass is 326 g/mol. The van der Waals surface area contributed by atoms with Crippen molar-refractivity contribution in [2.75, 3.05) is 6.54 Å². The molecule has 0 saturated carbocycles. The van der Waals surface area contributed by atoms with Gasteiger partial charge in [-0.05, 0) is 12.8 Å². The van der Waals surface area contributed by atoms with Gasteiger partial charge in [-0.25, -0.2) is 4.68 Å². The van der Waals surface area contributed by atoms with E-state index in [1.54, 1.807) is 0 Å². The molecule has 1 aliphatic heterocycles. The van der Waals surface area contributed by atoms with Crippen LogP contribution >= 0.6 is 0 Å². The fourth-order valence-corrected chi connectivity index (χ4v) is 2.91. The van der Waals surface area contributed by atoms with Gasteiger partial charge in [0, 0.05) is 18.9 Å². The van der Waals surface area contributed by atoms with Crippen LogP contribution in [0.5, 0.6) is 0 Å². The van der Waals surface area contributed by atoms with Crippen LogP contribution in [0.2, 0.25) is 0 Å². The summed E-state index contributed by atoms with van der Waals surface area (Å²) in [5, 5.41) is 37.5. The van der Waals surface area contributed by atoms with E-state index in [1.165, 1.54) is 10.9 Å². The maximum absolute atomic E-state index is 11.3. The van der Waals surface area contributed by atoms with Crippen molar-refractivity contribution in [3.8, 4) is 0 Å². The number of nitrogens with one attached hydrogen (secondary N) is 1. The maximum atomic E-state index is 11.3. The number of aliphatic carboxylic acids is 3. The Labute approximate surface area is 131 Å². The van der Waals surface area contributed by atoms with Crippen LogP contribution in [0.4, 0.5) is 0 Å². The van der Waals surface area contributed by atoms with E-state index < -0.39 is 35.9 Å². The fourth-order valence-electron chi connectivity index (χ4n) is 2.91. The lowest BCUT2D eigenvalue weighted by Crippen LogP contribution is -2.37. The minimum atomic E-state index is -1.11. The average molecular weight is 326 g/mol. The number of hydrogen-bond acceptors (Lipinski definition) is 6. The van der Waals surface area contributed by atoms with E-state index in [1.807, 2.05) is 0 Å². The van der Waals surface area contributed by atoms with Gasteiger partial charge in [-0.2, -0.15) is 0 Å². The van der Waals surface area contributed by atoms with Crippen molar-refractivity contribution in [2.24, 2.45) is 5.92 Å². The first kappa shape index (κ1) is 16.9. The largest absolute Gasteiger partial charge is 0.481 e. The summed E-state index contributed by atoms with van der Waals surface area (Å²) in [4.78, 5) is 32.9. The van der Waals surface area contributed by atoms with Crippen LogP contribution in [0.3, 0.4) is 0 Å². The minimum absolute atomic E-state index is 0.00437. The molecular formula is C13H18N4O6. The molecule has 0 aromatic carbocycles. The normalized spacial score (nSPS) is 23.7. The molecule has 1 aliphatic rings. The topological polar surface area (TPSA) is 155 Å². The van der Waals surface area contributed by atoms with E-state index in [-0.39, 0.29) is 19.4 Å². The Bertz CT molecular complexity index is 601. The summed E-state index contributed by atoms with van der Waals surface area (Å²) in [6, 6.07) is -1.42. The van der Waals surface area contributed by atoms with Crippen LogP contribution in [0.15, 0.2) is 6.20 Å².